The highest BCUT2D eigenvalue weighted by atomic mass is 35.5. The van der Waals surface area contributed by atoms with E-state index in [0.717, 1.165) is 17.1 Å². The summed E-state index contributed by atoms with van der Waals surface area (Å²) in [5.41, 5.74) is 0.412. The molecule has 1 aromatic rings. The third-order valence-electron chi connectivity index (χ3n) is 2.98. The highest BCUT2D eigenvalue weighted by molar-refractivity contribution is 7.77. The van der Waals surface area contributed by atoms with E-state index in [1.54, 1.807) is 12.2 Å². The Morgan fingerprint density at radius 2 is 2.00 bits per heavy atom. The molecule has 20 heavy (non-hydrogen) atoms. The minimum atomic E-state index is -1.92. The molecule has 1 aliphatic carbocycles. The average Bonchev–Trinajstić information content (AvgIpc) is 2.42. The molecule has 0 bridgehead atoms. The van der Waals surface area contributed by atoms with Gasteiger partial charge in [0.2, 0.25) is 0 Å². The first kappa shape index (κ1) is 16.8. The van der Waals surface area contributed by atoms with Crippen molar-refractivity contribution >= 4 is 11.8 Å². The second kappa shape index (κ2) is 7.47. The van der Waals surface area contributed by atoms with E-state index in [1.807, 2.05) is 18.2 Å². The number of hydrogen-bond acceptors (Lipinski definition) is 3. The Morgan fingerprint density at radius 3 is 2.55 bits per heavy atom. The van der Waals surface area contributed by atoms with Crippen LogP contribution in [0.25, 0.3) is 0 Å². The van der Waals surface area contributed by atoms with E-state index < -0.39 is 10.6 Å². The smallest absolute Gasteiger partial charge is 0.345 e. The fourth-order valence-electron chi connectivity index (χ4n) is 1.81. The lowest BCUT2D eigenvalue weighted by atomic mass is 10.0. The van der Waals surface area contributed by atoms with Gasteiger partial charge in [-0.3, -0.25) is 10.1 Å². The molecule has 1 aliphatic rings. The summed E-state index contributed by atoms with van der Waals surface area (Å²) in [5, 5.41) is 20.3. The zero-order valence-electron chi connectivity index (χ0n) is 10.8. The topological polar surface area (TPSA) is 63.4 Å². The van der Waals surface area contributed by atoms with Crippen molar-refractivity contribution in [2.24, 2.45) is 0 Å². The maximum atomic E-state index is 10.7. The van der Waals surface area contributed by atoms with Gasteiger partial charge in [-0.2, -0.15) is 0 Å². The van der Waals surface area contributed by atoms with Crippen LogP contribution in [-0.4, -0.2) is 21.5 Å². The second-order valence-electron chi connectivity index (χ2n) is 4.48. The van der Waals surface area contributed by atoms with Crippen molar-refractivity contribution in [3.05, 3.63) is 69.8 Å². The van der Waals surface area contributed by atoms with Crippen molar-refractivity contribution in [3.8, 4) is 0 Å². The van der Waals surface area contributed by atoms with E-state index in [0.29, 0.717) is 0 Å². The summed E-state index contributed by atoms with van der Waals surface area (Å²) < 4.78 is 0. The van der Waals surface area contributed by atoms with E-state index in [1.165, 1.54) is 23.4 Å². The van der Waals surface area contributed by atoms with E-state index >= 15 is 0 Å². The minimum absolute atomic E-state index is 0. The summed E-state index contributed by atoms with van der Waals surface area (Å²) >= 11 is 1.25. The molecular formula is C14H16ClNO3S. The lowest BCUT2D eigenvalue weighted by Crippen LogP contribution is -3.00. The van der Waals surface area contributed by atoms with Crippen LogP contribution in [0.5, 0.6) is 0 Å². The summed E-state index contributed by atoms with van der Waals surface area (Å²) in [6, 6.07) is 10.2. The van der Waals surface area contributed by atoms with Crippen LogP contribution in [0.3, 0.4) is 0 Å². The number of hydrogen-bond donors (Lipinski definition) is 1. The van der Waals surface area contributed by atoms with Gasteiger partial charge in [-0.25, -0.2) is 0 Å². The summed E-state index contributed by atoms with van der Waals surface area (Å²) in [6.07, 6.45) is 4.73. The normalized spacial score (nSPS) is 20.9. The molecule has 0 saturated carbocycles. The molecule has 4 nitrogen and oxygen atoms in total. The number of halogens is 1. The van der Waals surface area contributed by atoms with Gasteiger partial charge in [-0.15, -0.1) is 0 Å². The van der Waals surface area contributed by atoms with Crippen molar-refractivity contribution in [1.29, 1.82) is 0 Å². The van der Waals surface area contributed by atoms with Crippen LogP contribution in [0.15, 0.2) is 54.1 Å². The van der Waals surface area contributed by atoms with Crippen LogP contribution >= 0.6 is 0 Å². The number of nitro groups is 1. The Kier molecular flexibility index (Phi) is 6.26. The van der Waals surface area contributed by atoms with E-state index in [2.05, 4.69) is 12.1 Å². The van der Waals surface area contributed by atoms with Crippen molar-refractivity contribution in [1.82, 2.24) is 0 Å². The zero-order valence-corrected chi connectivity index (χ0v) is 12.4. The van der Waals surface area contributed by atoms with Gasteiger partial charge in [0, 0.05) is 11.6 Å². The molecule has 0 amide bonds. The summed E-state index contributed by atoms with van der Waals surface area (Å²) in [7, 11) is 0. The Bertz CT molecular complexity index is 518. The van der Waals surface area contributed by atoms with Gasteiger partial charge < -0.3 is 17.5 Å². The molecule has 2 rings (SSSR count). The number of allylic oxidation sites excluding steroid dienone is 1. The molecule has 0 heterocycles. The second-order valence-corrected chi connectivity index (χ2v) is 5.56. The maximum Gasteiger partial charge on any atom is 0.345 e. The lowest BCUT2D eigenvalue weighted by Gasteiger charge is -2.16. The van der Waals surface area contributed by atoms with Gasteiger partial charge in [0.1, 0.15) is 11.5 Å². The van der Waals surface area contributed by atoms with Gasteiger partial charge in [0.25, 0.3) is 0 Å². The number of aliphatic hydroxyl groups is 1. The molecule has 0 saturated heterocycles. The molecule has 0 fully saturated rings. The molecule has 6 heteroatoms. The Morgan fingerprint density at radius 1 is 1.30 bits per heavy atom. The minimum Gasteiger partial charge on any atom is -1.00 e. The van der Waals surface area contributed by atoms with E-state index in [-0.39, 0.29) is 18.8 Å². The van der Waals surface area contributed by atoms with Gasteiger partial charge in [-0.05, 0) is 23.4 Å². The standard InChI is InChI=1S/C14H15NO3S.ClH/c16-14(15(17)18)8-6-13(7-9-14)11-19-10-12-4-2-1-3-5-12;/h1-8,16H,9-11H2;1H. The van der Waals surface area contributed by atoms with Gasteiger partial charge in [-0.1, -0.05) is 36.4 Å². The van der Waals surface area contributed by atoms with Crippen LogP contribution in [0.4, 0.5) is 0 Å². The maximum absolute atomic E-state index is 10.7. The van der Waals surface area contributed by atoms with Gasteiger partial charge >= 0.3 is 5.72 Å². The van der Waals surface area contributed by atoms with Crippen molar-refractivity contribution in [2.75, 3.05) is 5.75 Å². The molecule has 1 unspecified atom stereocenters. The van der Waals surface area contributed by atoms with Gasteiger partial charge in [0.05, 0.1) is 11.3 Å². The third-order valence-corrected chi connectivity index (χ3v) is 4.15. The summed E-state index contributed by atoms with van der Waals surface area (Å²) in [5.74, 6) is 1.81. The number of benzene rings is 1. The molecule has 1 aromatic carbocycles. The summed E-state index contributed by atoms with van der Waals surface area (Å²) in [4.78, 5) is 10.0. The molecule has 0 aliphatic heterocycles. The van der Waals surface area contributed by atoms with Crippen LogP contribution in [0.1, 0.15) is 12.0 Å². The fourth-order valence-corrected chi connectivity index (χ4v) is 2.88. The molecule has 0 aromatic heterocycles. The van der Waals surface area contributed by atoms with E-state index in [9.17, 15) is 15.2 Å². The highest BCUT2D eigenvalue weighted by Gasteiger charge is 2.37. The zero-order chi connectivity index (χ0) is 13.7. The van der Waals surface area contributed by atoms with Crippen molar-refractivity contribution in [3.63, 3.8) is 0 Å². The first-order valence-electron chi connectivity index (χ1n) is 6.02. The predicted molar refractivity (Wildman–Crippen MR) is 77.6 cm³/mol. The van der Waals surface area contributed by atoms with Crippen molar-refractivity contribution < 1.29 is 22.4 Å². The van der Waals surface area contributed by atoms with Crippen LogP contribution in [-0.2, 0) is 17.5 Å². The molecule has 1 N–H and O–H groups in total. The quantitative estimate of drug-likeness (QED) is 0.246. The summed E-state index contributed by atoms with van der Waals surface area (Å²) in [6.45, 7) is 0. The number of thiol groups is 1. The monoisotopic (exact) mass is 313 g/mol. The fraction of sp³-hybridized carbons (Fsp3) is 0.286. The van der Waals surface area contributed by atoms with E-state index in [4.69, 9.17) is 0 Å². The van der Waals surface area contributed by atoms with Crippen LogP contribution in [0, 0.1) is 10.1 Å². The Hall–Kier alpha value is -1.30. The molecule has 0 spiro atoms. The molecule has 0 radical (unpaired) electrons. The molecule has 108 valence electrons. The molecule has 1 atom stereocenters. The number of rotatable bonds is 5. The predicted octanol–water partition coefficient (Wildman–Crippen LogP) is -1.14. The Labute approximate surface area is 128 Å². The van der Waals surface area contributed by atoms with Crippen molar-refractivity contribution in [2.45, 2.75) is 17.9 Å². The lowest BCUT2D eigenvalue weighted by molar-refractivity contribution is -0.607. The highest BCUT2D eigenvalue weighted by Crippen LogP contribution is 2.21. The third kappa shape index (κ3) is 4.37. The molecular weight excluding hydrogens is 298 g/mol. The van der Waals surface area contributed by atoms with Crippen LogP contribution in [0.2, 0.25) is 0 Å². The SMILES string of the molecule is O=[N+]([O-])C1(O)C=CC(C[SH+]Cc2ccccc2)=CC1.[Cl-]. The van der Waals surface area contributed by atoms with Crippen LogP contribution < -0.4 is 12.4 Å². The largest absolute Gasteiger partial charge is 1.00 e. The van der Waals surface area contributed by atoms with Gasteiger partial charge in [0.15, 0.2) is 0 Å². The average molecular weight is 314 g/mol. The number of nitrogens with zero attached hydrogens (tertiary/aromatic N) is 1. The Balaban J connectivity index is 0.00000200. The first-order chi connectivity index (χ1) is 9.10. The first-order valence-corrected chi connectivity index (χ1v) is 7.29.